The molecule has 0 saturated heterocycles. The molecule has 8 heteroatoms. The minimum absolute atomic E-state index is 0.235. The van der Waals surface area contributed by atoms with E-state index >= 15 is 0 Å². The summed E-state index contributed by atoms with van der Waals surface area (Å²) >= 11 is 1.29. The van der Waals surface area contributed by atoms with Gasteiger partial charge < -0.3 is 9.73 Å². The fraction of sp³-hybridized carbons (Fsp3) is 0.235. The van der Waals surface area contributed by atoms with Gasteiger partial charge in [0.1, 0.15) is 5.82 Å². The van der Waals surface area contributed by atoms with Gasteiger partial charge in [-0.25, -0.2) is 4.39 Å². The number of amides is 1. The summed E-state index contributed by atoms with van der Waals surface area (Å²) in [5.41, 5.74) is 0.422. The van der Waals surface area contributed by atoms with Gasteiger partial charge in [0.05, 0.1) is 11.5 Å². The summed E-state index contributed by atoms with van der Waals surface area (Å²) in [6, 6.07) is 9.39. The van der Waals surface area contributed by atoms with Crippen LogP contribution in [0.3, 0.4) is 0 Å². The first-order valence-corrected chi connectivity index (χ1v) is 8.66. The molecular formula is C17H17FN4O2S. The van der Waals surface area contributed by atoms with E-state index in [4.69, 9.17) is 4.42 Å². The highest BCUT2D eigenvalue weighted by Crippen LogP contribution is 2.27. The Morgan fingerprint density at radius 2 is 2.20 bits per heavy atom. The maximum atomic E-state index is 13.2. The highest BCUT2D eigenvalue weighted by molar-refractivity contribution is 8.00. The Balaban J connectivity index is 1.72. The van der Waals surface area contributed by atoms with Crippen LogP contribution >= 0.6 is 11.8 Å². The summed E-state index contributed by atoms with van der Waals surface area (Å²) in [6.45, 7) is 4.38. The third-order valence-electron chi connectivity index (χ3n) is 3.52. The van der Waals surface area contributed by atoms with Crippen molar-refractivity contribution in [3.8, 4) is 11.6 Å². The van der Waals surface area contributed by atoms with Crippen LogP contribution in [0.15, 0.2) is 52.2 Å². The van der Waals surface area contributed by atoms with Gasteiger partial charge in [-0.3, -0.25) is 9.36 Å². The Bertz CT molecular complexity index is 863. The second-order valence-electron chi connectivity index (χ2n) is 5.29. The molecule has 0 aliphatic heterocycles. The van der Waals surface area contributed by atoms with Gasteiger partial charge in [-0.2, -0.15) is 0 Å². The number of furan rings is 1. The number of aromatic nitrogens is 3. The SMILES string of the molecule is CCn1c(SC(C)C(=O)Nc2cccc(F)c2)nnc1-c1ccco1. The standard InChI is InChI=1S/C17H17FN4O2S/c1-3-22-15(14-8-5-9-24-14)20-21-17(22)25-11(2)16(23)19-13-7-4-6-12(18)10-13/h4-11H,3H2,1-2H3,(H,19,23). The number of rotatable bonds is 6. The maximum Gasteiger partial charge on any atom is 0.237 e. The molecule has 0 fully saturated rings. The predicted molar refractivity (Wildman–Crippen MR) is 93.7 cm³/mol. The quantitative estimate of drug-likeness (QED) is 0.677. The van der Waals surface area contributed by atoms with E-state index in [2.05, 4.69) is 15.5 Å². The zero-order chi connectivity index (χ0) is 17.8. The van der Waals surface area contributed by atoms with Crippen LogP contribution in [0.1, 0.15) is 13.8 Å². The lowest BCUT2D eigenvalue weighted by atomic mass is 10.3. The van der Waals surface area contributed by atoms with Crippen molar-refractivity contribution in [1.82, 2.24) is 14.8 Å². The fourth-order valence-electron chi connectivity index (χ4n) is 2.27. The molecule has 1 amide bonds. The molecule has 1 atom stereocenters. The van der Waals surface area contributed by atoms with Crippen molar-refractivity contribution in [3.63, 3.8) is 0 Å². The van der Waals surface area contributed by atoms with E-state index in [1.54, 1.807) is 31.4 Å². The average Bonchev–Trinajstić information content (AvgIpc) is 3.23. The summed E-state index contributed by atoms with van der Waals surface area (Å²) in [4.78, 5) is 12.3. The van der Waals surface area contributed by atoms with E-state index in [9.17, 15) is 9.18 Å². The lowest BCUT2D eigenvalue weighted by molar-refractivity contribution is -0.115. The van der Waals surface area contributed by atoms with Gasteiger partial charge in [0, 0.05) is 12.2 Å². The summed E-state index contributed by atoms with van der Waals surface area (Å²) in [7, 11) is 0. The Labute approximate surface area is 148 Å². The van der Waals surface area contributed by atoms with Gasteiger partial charge in [0.2, 0.25) is 5.91 Å². The molecule has 0 bridgehead atoms. The van der Waals surface area contributed by atoms with Crippen molar-refractivity contribution in [1.29, 1.82) is 0 Å². The Kier molecular flexibility index (Phi) is 5.18. The number of anilines is 1. The summed E-state index contributed by atoms with van der Waals surface area (Å²) < 4.78 is 20.5. The number of hydrogen-bond donors (Lipinski definition) is 1. The zero-order valence-corrected chi connectivity index (χ0v) is 14.6. The third-order valence-corrected chi connectivity index (χ3v) is 4.60. The van der Waals surface area contributed by atoms with Gasteiger partial charge in [-0.1, -0.05) is 17.8 Å². The van der Waals surface area contributed by atoms with Crippen molar-refractivity contribution >= 4 is 23.4 Å². The molecule has 3 rings (SSSR count). The number of benzene rings is 1. The molecule has 25 heavy (non-hydrogen) atoms. The first-order valence-electron chi connectivity index (χ1n) is 7.78. The van der Waals surface area contributed by atoms with E-state index in [1.807, 2.05) is 17.6 Å². The second-order valence-corrected chi connectivity index (χ2v) is 6.60. The number of carbonyl (C=O) groups excluding carboxylic acids is 1. The van der Waals surface area contributed by atoms with Crippen LogP contribution in [0.25, 0.3) is 11.6 Å². The maximum absolute atomic E-state index is 13.2. The Hall–Kier alpha value is -2.61. The molecule has 1 N–H and O–H groups in total. The van der Waals surface area contributed by atoms with E-state index < -0.39 is 11.1 Å². The van der Waals surface area contributed by atoms with Crippen LogP contribution in [0.5, 0.6) is 0 Å². The van der Waals surface area contributed by atoms with Crippen molar-refractivity contribution in [2.75, 3.05) is 5.32 Å². The van der Waals surface area contributed by atoms with Crippen LogP contribution in [-0.2, 0) is 11.3 Å². The third kappa shape index (κ3) is 3.90. The average molecular weight is 360 g/mol. The molecule has 0 spiro atoms. The largest absolute Gasteiger partial charge is 0.461 e. The Morgan fingerprint density at radius 3 is 2.88 bits per heavy atom. The molecule has 0 aliphatic rings. The Morgan fingerprint density at radius 1 is 1.36 bits per heavy atom. The number of halogens is 1. The van der Waals surface area contributed by atoms with Gasteiger partial charge >= 0.3 is 0 Å². The molecule has 2 aromatic heterocycles. The first-order chi connectivity index (χ1) is 12.1. The molecule has 2 heterocycles. The van der Waals surface area contributed by atoms with E-state index in [1.165, 1.54) is 23.9 Å². The molecule has 130 valence electrons. The van der Waals surface area contributed by atoms with E-state index in [-0.39, 0.29) is 5.91 Å². The minimum Gasteiger partial charge on any atom is -0.461 e. The second kappa shape index (κ2) is 7.52. The van der Waals surface area contributed by atoms with Gasteiger partial charge in [-0.05, 0) is 44.2 Å². The molecule has 3 aromatic rings. The molecular weight excluding hydrogens is 343 g/mol. The minimum atomic E-state index is -0.429. The molecule has 0 aliphatic carbocycles. The van der Waals surface area contributed by atoms with Crippen molar-refractivity contribution in [3.05, 3.63) is 48.5 Å². The van der Waals surface area contributed by atoms with Crippen molar-refractivity contribution in [2.45, 2.75) is 30.8 Å². The van der Waals surface area contributed by atoms with E-state index in [0.29, 0.717) is 29.0 Å². The summed E-state index contributed by atoms with van der Waals surface area (Å²) in [5.74, 6) is 0.610. The lowest BCUT2D eigenvalue weighted by Gasteiger charge is -2.12. The summed E-state index contributed by atoms with van der Waals surface area (Å²) in [6.07, 6.45) is 1.58. The van der Waals surface area contributed by atoms with Crippen LogP contribution in [0, 0.1) is 5.82 Å². The van der Waals surface area contributed by atoms with Crippen LogP contribution in [0.4, 0.5) is 10.1 Å². The number of carbonyl (C=O) groups is 1. The zero-order valence-electron chi connectivity index (χ0n) is 13.8. The van der Waals surface area contributed by atoms with Gasteiger partial charge in [-0.15, -0.1) is 10.2 Å². The number of thioether (sulfide) groups is 1. The van der Waals surface area contributed by atoms with Crippen molar-refractivity contribution in [2.24, 2.45) is 0 Å². The number of nitrogens with one attached hydrogen (secondary N) is 1. The molecule has 1 unspecified atom stereocenters. The van der Waals surface area contributed by atoms with E-state index in [0.717, 1.165) is 0 Å². The highest BCUT2D eigenvalue weighted by Gasteiger charge is 2.21. The first kappa shape index (κ1) is 17.2. The van der Waals surface area contributed by atoms with Gasteiger partial charge in [0.25, 0.3) is 0 Å². The summed E-state index contributed by atoms with van der Waals surface area (Å²) in [5, 5.41) is 11.2. The smallest absolute Gasteiger partial charge is 0.237 e. The van der Waals surface area contributed by atoms with Gasteiger partial charge in [0.15, 0.2) is 16.7 Å². The van der Waals surface area contributed by atoms with Crippen molar-refractivity contribution < 1.29 is 13.6 Å². The molecule has 1 aromatic carbocycles. The van der Waals surface area contributed by atoms with Crippen LogP contribution in [-0.4, -0.2) is 25.9 Å². The monoisotopic (exact) mass is 360 g/mol. The molecule has 0 radical (unpaired) electrons. The fourth-order valence-corrected chi connectivity index (χ4v) is 3.18. The predicted octanol–water partition coefficient (Wildman–Crippen LogP) is 3.82. The van der Waals surface area contributed by atoms with Crippen LogP contribution < -0.4 is 5.32 Å². The van der Waals surface area contributed by atoms with Crippen LogP contribution in [0.2, 0.25) is 0 Å². The lowest BCUT2D eigenvalue weighted by Crippen LogP contribution is -2.23. The number of hydrogen-bond acceptors (Lipinski definition) is 5. The highest BCUT2D eigenvalue weighted by atomic mass is 32.2. The normalized spacial score (nSPS) is 12.1. The number of nitrogens with zero attached hydrogens (tertiary/aromatic N) is 3. The topological polar surface area (TPSA) is 73.0 Å². The molecule has 6 nitrogen and oxygen atoms in total. The molecule has 0 saturated carbocycles.